The minimum absolute atomic E-state index is 0.0150. The van der Waals surface area contributed by atoms with Crippen molar-refractivity contribution in [2.24, 2.45) is 0 Å². The van der Waals surface area contributed by atoms with Crippen LogP contribution < -0.4 is 4.74 Å². The summed E-state index contributed by atoms with van der Waals surface area (Å²) >= 11 is 9.32. The maximum absolute atomic E-state index is 14.0. The lowest BCUT2D eigenvalue weighted by molar-refractivity contribution is 0.295. The smallest absolute Gasteiger partial charge is 0.147 e. The summed E-state index contributed by atoms with van der Waals surface area (Å²) in [6, 6.07) is 10.3. The van der Waals surface area contributed by atoms with E-state index in [2.05, 4.69) is 15.9 Å². The molecule has 0 saturated carbocycles. The summed E-state index contributed by atoms with van der Waals surface area (Å²) in [6.07, 6.45) is 0. The summed E-state index contributed by atoms with van der Waals surface area (Å²) in [5.41, 5.74) is 2.11. The van der Waals surface area contributed by atoms with Crippen LogP contribution >= 0.6 is 27.5 Å². The van der Waals surface area contributed by atoms with E-state index in [-0.39, 0.29) is 12.2 Å². The van der Waals surface area contributed by atoms with Gasteiger partial charge in [0.1, 0.15) is 24.2 Å². The van der Waals surface area contributed by atoms with Gasteiger partial charge in [0.25, 0.3) is 0 Å². The molecule has 0 aromatic heterocycles. The standard InChI is InChI=1S/C16H12BrClFNO/c1-10-5-14(17)6-13(7-18)16(10)21-9-12-4-2-3-11(8-20)15(12)19/h2-6H,7,9H2,1H3. The SMILES string of the molecule is Cc1cc(Br)cc(CCl)c1OCc1cccc(C#N)c1F. The fourth-order valence-corrected chi connectivity index (χ4v) is 2.85. The second-order valence-corrected chi connectivity index (χ2v) is 5.71. The molecule has 0 saturated heterocycles. The second kappa shape index (κ2) is 6.93. The Balaban J connectivity index is 2.27. The average Bonchev–Trinajstić information content (AvgIpc) is 2.47. The molecule has 2 aromatic rings. The highest BCUT2D eigenvalue weighted by Crippen LogP contribution is 2.30. The van der Waals surface area contributed by atoms with Crippen LogP contribution in [-0.2, 0) is 12.5 Å². The number of nitriles is 1. The van der Waals surface area contributed by atoms with Crippen molar-refractivity contribution in [1.29, 1.82) is 5.26 Å². The zero-order valence-corrected chi connectivity index (χ0v) is 13.6. The molecule has 0 unspecified atom stereocenters. The second-order valence-electron chi connectivity index (χ2n) is 4.52. The number of benzene rings is 2. The topological polar surface area (TPSA) is 33.0 Å². The van der Waals surface area contributed by atoms with Crippen LogP contribution in [0.2, 0.25) is 0 Å². The molecule has 21 heavy (non-hydrogen) atoms. The van der Waals surface area contributed by atoms with Gasteiger partial charge in [-0.3, -0.25) is 0 Å². The van der Waals surface area contributed by atoms with Gasteiger partial charge in [-0.1, -0.05) is 28.1 Å². The highest BCUT2D eigenvalue weighted by Gasteiger charge is 2.12. The number of halogens is 3. The van der Waals surface area contributed by atoms with Crippen molar-refractivity contribution in [2.75, 3.05) is 0 Å². The Kier molecular flexibility index (Phi) is 5.22. The third-order valence-corrected chi connectivity index (χ3v) is 3.78. The molecule has 2 nitrogen and oxygen atoms in total. The third kappa shape index (κ3) is 3.55. The van der Waals surface area contributed by atoms with Gasteiger partial charge in [0, 0.05) is 15.6 Å². The molecule has 0 aliphatic carbocycles. The van der Waals surface area contributed by atoms with E-state index in [1.54, 1.807) is 12.1 Å². The first kappa shape index (κ1) is 15.8. The molecule has 0 amide bonds. The van der Waals surface area contributed by atoms with Crippen molar-refractivity contribution in [1.82, 2.24) is 0 Å². The predicted octanol–water partition coefficient (Wildman–Crippen LogP) is 5.09. The summed E-state index contributed by atoms with van der Waals surface area (Å²) in [4.78, 5) is 0. The van der Waals surface area contributed by atoms with Gasteiger partial charge >= 0.3 is 0 Å². The zero-order valence-electron chi connectivity index (χ0n) is 11.3. The Hall–Kier alpha value is -1.57. The Morgan fingerprint density at radius 2 is 2.10 bits per heavy atom. The molecule has 0 heterocycles. The molecular weight excluding hydrogens is 357 g/mol. The summed E-state index contributed by atoms with van der Waals surface area (Å²) in [5.74, 6) is 0.410. The van der Waals surface area contributed by atoms with Crippen molar-refractivity contribution in [2.45, 2.75) is 19.4 Å². The van der Waals surface area contributed by atoms with E-state index in [0.717, 1.165) is 15.6 Å². The van der Waals surface area contributed by atoms with Crippen molar-refractivity contribution < 1.29 is 9.13 Å². The first-order valence-electron chi connectivity index (χ1n) is 6.22. The highest BCUT2D eigenvalue weighted by molar-refractivity contribution is 9.10. The molecule has 0 bridgehead atoms. The van der Waals surface area contributed by atoms with E-state index in [4.69, 9.17) is 21.6 Å². The van der Waals surface area contributed by atoms with Crippen LogP contribution in [0.25, 0.3) is 0 Å². The van der Waals surface area contributed by atoms with Crippen LogP contribution in [0.4, 0.5) is 4.39 Å². The number of nitrogens with zero attached hydrogens (tertiary/aromatic N) is 1. The highest BCUT2D eigenvalue weighted by atomic mass is 79.9. The maximum atomic E-state index is 14.0. The molecule has 2 rings (SSSR count). The quantitative estimate of drug-likeness (QED) is 0.705. The van der Waals surface area contributed by atoms with E-state index in [9.17, 15) is 4.39 Å². The molecule has 0 radical (unpaired) electrons. The van der Waals surface area contributed by atoms with Gasteiger partial charge in [0.15, 0.2) is 0 Å². The number of aryl methyl sites for hydroxylation is 1. The van der Waals surface area contributed by atoms with Crippen molar-refractivity contribution in [3.05, 3.63) is 62.9 Å². The summed E-state index contributed by atoms with van der Waals surface area (Å²) in [7, 11) is 0. The molecule has 0 aliphatic rings. The van der Waals surface area contributed by atoms with Crippen LogP contribution in [0.3, 0.4) is 0 Å². The first-order chi connectivity index (χ1) is 10.1. The van der Waals surface area contributed by atoms with Gasteiger partial charge in [0.2, 0.25) is 0 Å². The van der Waals surface area contributed by atoms with Crippen LogP contribution in [0, 0.1) is 24.1 Å². The third-order valence-electron chi connectivity index (χ3n) is 3.03. The number of hydrogen-bond acceptors (Lipinski definition) is 2. The van der Waals surface area contributed by atoms with Crippen molar-refractivity contribution >= 4 is 27.5 Å². The largest absolute Gasteiger partial charge is 0.488 e. The zero-order chi connectivity index (χ0) is 15.4. The lowest BCUT2D eigenvalue weighted by atomic mass is 10.1. The fraction of sp³-hybridized carbons (Fsp3) is 0.188. The molecular formula is C16H12BrClFNO. The lowest BCUT2D eigenvalue weighted by Crippen LogP contribution is -2.03. The van der Waals surface area contributed by atoms with E-state index < -0.39 is 5.82 Å². The van der Waals surface area contributed by atoms with Gasteiger partial charge in [-0.15, -0.1) is 11.6 Å². The fourth-order valence-electron chi connectivity index (χ4n) is 2.03. The number of hydrogen-bond donors (Lipinski definition) is 0. The lowest BCUT2D eigenvalue weighted by Gasteiger charge is -2.14. The number of alkyl halides is 1. The summed E-state index contributed by atoms with van der Waals surface area (Å²) in [6.45, 7) is 1.95. The van der Waals surface area contributed by atoms with E-state index in [1.165, 1.54) is 6.07 Å². The van der Waals surface area contributed by atoms with Gasteiger partial charge in [-0.25, -0.2) is 4.39 Å². The maximum Gasteiger partial charge on any atom is 0.147 e. The monoisotopic (exact) mass is 367 g/mol. The van der Waals surface area contributed by atoms with Gasteiger partial charge in [-0.2, -0.15) is 5.26 Å². The minimum Gasteiger partial charge on any atom is -0.488 e. The molecule has 0 atom stereocenters. The Morgan fingerprint density at radius 3 is 2.76 bits per heavy atom. The van der Waals surface area contributed by atoms with Crippen molar-refractivity contribution in [3.8, 4) is 11.8 Å². The van der Waals surface area contributed by atoms with Crippen LogP contribution in [-0.4, -0.2) is 0 Å². The molecule has 5 heteroatoms. The molecule has 0 aliphatic heterocycles. The number of rotatable bonds is 4. The molecule has 0 spiro atoms. The summed E-state index contributed by atoms with van der Waals surface area (Å²) < 4.78 is 20.6. The Morgan fingerprint density at radius 1 is 1.33 bits per heavy atom. The van der Waals surface area contributed by atoms with E-state index >= 15 is 0 Å². The van der Waals surface area contributed by atoms with E-state index in [0.29, 0.717) is 17.2 Å². The molecule has 108 valence electrons. The molecule has 0 N–H and O–H groups in total. The molecule has 2 aromatic carbocycles. The normalized spacial score (nSPS) is 10.2. The molecule has 0 fully saturated rings. The van der Waals surface area contributed by atoms with E-state index in [1.807, 2.05) is 25.1 Å². The summed E-state index contributed by atoms with van der Waals surface area (Å²) in [5, 5.41) is 8.83. The Bertz CT molecular complexity index is 712. The first-order valence-corrected chi connectivity index (χ1v) is 7.54. The predicted molar refractivity (Wildman–Crippen MR) is 83.9 cm³/mol. The van der Waals surface area contributed by atoms with Gasteiger partial charge in [-0.05, 0) is 30.7 Å². The van der Waals surface area contributed by atoms with Gasteiger partial charge in [0.05, 0.1) is 11.4 Å². The average molecular weight is 369 g/mol. The van der Waals surface area contributed by atoms with Crippen molar-refractivity contribution in [3.63, 3.8) is 0 Å². The van der Waals surface area contributed by atoms with Gasteiger partial charge < -0.3 is 4.74 Å². The van der Waals surface area contributed by atoms with Crippen LogP contribution in [0.5, 0.6) is 5.75 Å². The number of ether oxygens (including phenoxy) is 1. The minimum atomic E-state index is -0.540. The van der Waals surface area contributed by atoms with Crippen LogP contribution in [0.1, 0.15) is 22.3 Å². The van der Waals surface area contributed by atoms with Crippen LogP contribution in [0.15, 0.2) is 34.8 Å². The Labute approximate surface area is 136 Å².